The van der Waals surface area contributed by atoms with Crippen LogP contribution in [0.3, 0.4) is 0 Å². The maximum Gasteiger partial charge on any atom is 0.252 e. The van der Waals surface area contributed by atoms with E-state index in [0.717, 1.165) is 30.4 Å². The minimum atomic E-state index is -0.0597. The van der Waals surface area contributed by atoms with Crippen molar-refractivity contribution < 1.29 is 9.53 Å². The molecule has 20 heavy (non-hydrogen) atoms. The van der Waals surface area contributed by atoms with Crippen LogP contribution < -0.4 is 15.4 Å². The van der Waals surface area contributed by atoms with Crippen molar-refractivity contribution >= 4 is 21.8 Å². The SMILES string of the molecule is COc1ccc(Br)c(C(=O)NCC2(C)CCNCC2)c1. The third kappa shape index (κ3) is 3.73. The standard InChI is InChI=1S/C15H21BrN2O2/c1-15(5-7-17-8-6-15)10-18-14(19)12-9-11(20-2)3-4-13(12)16/h3-4,9,17H,5-8,10H2,1-2H3,(H,18,19). The van der Waals surface area contributed by atoms with Gasteiger partial charge < -0.3 is 15.4 Å². The van der Waals surface area contributed by atoms with E-state index < -0.39 is 0 Å². The summed E-state index contributed by atoms with van der Waals surface area (Å²) < 4.78 is 5.95. The molecule has 0 unspecified atom stereocenters. The van der Waals surface area contributed by atoms with Crippen molar-refractivity contribution in [2.24, 2.45) is 5.41 Å². The van der Waals surface area contributed by atoms with Gasteiger partial charge in [0, 0.05) is 11.0 Å². The van der Waals surface area contributed by atoms with Crippen LogP contribution in [0, 0.1) is 5.41 Å². The van der Waals surface area contributed by atoms with Gasteiger partial charge in [-0.15, -0.1) is 0 Å². The van der Waals surface area contributed by atoms with Gasteiger partial charge in [-0.25, -0.2) is 0 Å². The van der Waals surface area contributed by atoms with Crippen molar-refractivity contribution in [1.82, 2.24) is 10.6 Å². The van der Waals surface area contributed by atoms with Crippen molar-refractivity contribution in [3.05, 3.63) is 28.2 Å². The average molecular weight is 341 g/mol. The molecule has 1 aliphatic heterocycles. The Kier molecular flexibility index (Phi) is 5.05. The van der Waals surface area contributed by atoms with Gasteiger partial charge in [-0.05, 0) is 65.5 Å². The minimum absolute atomic E-state index is 0.0597. The lowest BCUT2D eigenvalue weighted by atomic mass is 9.81. The van der Waals surface area contributed by atoms with E-state index in [2.05, 4.69) is 33.5 Å². The first-order valence-corrected chi connectivity index (χ1v) is 7.66. The van der Waals surface area contributed by atoms with Crippen molar-refractivity contribution in [1.29, 1.82) is 0 Å². The van der Waals surface area contributed by atoms with E-state index in [1.54, 1.807) is 13.2 Å². The summed E-state index contributed by atoms with van der Waals surface area (Å²) in [5.41, 5.74) is 0.800. The van der Waals surface area contributed by atoms with Gasteiger partial charge in [-0.2, -0.15) is 0 Å². The number of halogens is 1. The van der Waals surface area contributed by atoms with E-state index in [1.165, 1.54) is 0 Å². The summed E-state index contributed by atoms with van der Waals surface area (Å²) in [4.78, 5) is 12.3. The third-order valence-electron chi connectivity index (χ3n) is 3.90. The molecule has 5 heteroatoms. The first-order chi connectivity index (χ1) is 9.54. The Morgan fingerprint density at radius 2 is 2.15 bits per heavy atom. The monoisotopic (exact) mass is 340 g/mol. The summed E-state index contributed by atoms with van der Waals surface area (Å²) in [6, 6.07) is 5.42. The molecular formula is C15H21BrN2O2. The molecule has 0 atom stereocenters. The van der Waals surface area contributed by atoms with Gasteiger partial charge in [0.05, 0.1) is 12.7 Å². The molecule has 1 fully saturated rings. The maximum absolute atomic E-state index is 12.3. The number of piperidine rings is 1. The molecule has 0 radical (unpaired) electrons. The summed E-state index contributed by atoms with van der Waals surface area (Å²) >= 11 is 3.41. The van der Waals surface area contributed by atoms with Crippen LogP contribution in [0.2, 0.25) is 0 Å². The Morgan fingerprint density at radius 1 is 1.45 bits per heavy atom. The zero-order valence-corrected chi connectivity index (χ0v) is 13.5. The minimum Gasteiger partial charge on any atom is -0.497 e. The molecule has 1 aliphatic rings. The van der Waals surface area contributed by atoms with Gasteiger partial charge in [0.2, 0.25) is 0 Å². The van der Waals surface area contributed by atoms with Crippen LogP contribution in [0.15, 0.2) is 22.7 Å². The molecule has 4 nitrogen and oxygen atoms in total. The molecule has 1 amide bonds. The van der Waals surface area contributed by atoms with Crippen LogP contribution in [-0.4, -0.2) is 32.7 Å². The van der Waals surface area contributed by atoms with Gasteiger partial charge in [0.15, 0.2) is 0 Å². The Morgan fingerprint density at radius 3 is 2.80 bits per heavy atom. The van der Waals surface area contributed by atoms with Gasteiger partial charge in [-0.3, -0.25) is 4.79 Å². The summed E-state index contributed by atoms with van der Waals surface area (Å²) in [5, 5.41) is 6.40. The zero-order valence-electron chi connectivity index (χ0n) is 12.0. The highest BCUT2D eigenvalue weighted by molar-refractivity contribution is 9.10. The lowest BCUT2D eigenvalue weighted by molar-refractivity contribution is 0.0921. The topological polar surface area (TPSA) is 50.4 Å². The molecule has 110 valence electrons. The fourth-order valence-electron chi connectivity index (χ4n) is 2.40. The van der Waals surface area contributed by atoms with E-state index in [-0.39, 0.29) is 11.3 Å². The molecular weight excluding hydrogens is 320 g/mol. The molecule has 0 spiro atoms. The van der Waals surface area contributed by atoms with Crippen LogP contribution in [0.4, 0.5) is 0 Å². The number of carbonyl (C=O) groups excluding carboxylic acids is 1. The molecule has 1 saturated heterocycles. The molecule has 0 aromatic heterocycles. The Balaban J connectivity index is 2.01. The number of nitrogens with one attached hydrogen (secondary N) is 2. The van der Waals surface area contributed by atoms with Crippen LogP contribution in [-0.2, 0) is 0 Å². The van der Waals surface area contributed by atoms with Crippen molar-refractivity contribution in [2.45, 2.75) is 19.8 Å². The second-order valence-electron chi connectivity index (χ2n) is 5.59. The average Bonchev–Trinajstić information content (AvgIpc) is 2.46. The second-order valence-corrected chi connectivity index (χ2v) is 6.44. The highest BCUT2D eigenvalue weighted by Gasteiger charge is 2.27. The van der Waals surface area contributed by atoms with E-state index in [9.17, 15) is 4.79 Å². The largest absolute Gasteiger partial charge is 0.497 e. The van der Waals surface area contributed by atoms with Gasteiger partial charge >= 0.3 is 0 Å². The number of methoxy groups -OCH3 is 1. The second kappa shape index (κ2) is 6.59. The smallest absolute Gasteiger partial charge is 0.252 e. The molecule has 0 aliphatic carbocycles. The number of rotatable bonds is 4. The molecule has 2 N–H and O–H groups in total. The van der Waals surface area contributed by atoms with Crippen LogP contribution >= 0.6 is 15.9 Å². The zero-order chi connectivity index (χ0) is 14.6. The molecule has 0 saturated carbocycles. The highest BCUT2D eigenvalue weighted by atomic mass is 79.9. The van der Waals surface area contributed by atoms with Crippen LogP contribution in [0.5, 0.6) is 5.75 Å². The Labute approximate surface area is 128 Å². The van der Waals surface area contributed by atoms with Crippen LogP contribution in [0.25, 0.3) is 0 Å². The fourth-order valence-corrected chi connectivity index (χ4v) is 2.83. The van der Waals surface area contributed by atoms with E-state index in [1.807, 2.05) is 12.1 Å². The number of benzene rings is 1. The molecule has 1 aromatic carbocycles. The summed E-state index contributed by atoms with van der Waals surface area (Å²) in [6.45, 7) is 4.98. The van der Waals surface area contributed by atoms with Gasteiger partial charge in [-0.1, -0.05) is 6.92 Å². The normalized spacial score (nSPS) is 17.6. The van der Waals surface area contributed by atoms with Crippen molar-refractivity contribution in [3.63, 3.8) is 0 Å². The third-order valence-corrected chi connectivity index (χ3v) is 4.60. The number of amides is 1. The predicted molar refractivity (Wildman–Crippen MR) is 83.2 cm³/mol. The number of hydrogen-bond donors (Lipinski definition) is 2. The van der Waals surface area contributed by atoms with Crippen molar-refractivity contribution in [2.75, 3.05) is 26.7 Å². The Hall–Kier alpha value is -1.07. The first-order valence-electron chi connectivity index (χ1n) is 6.86. The Bertz CT molecular complexity index is 485. The van der Waals surface area contributed by atoms with Gasteiger partial charge in [0.25, 0.3) is 5.91 Å². The summed E-state index contributed by atoms with van der Waals surface area (Å²) in [5.74, 6) is 0.627. The highest BCUT2D eigenvalue weighted by Crippen LogP contribution is 2.27. The van der Waals surface area contributed by atoms with E-state index in [4.69, 9.17) is 4.74 Å². The van der Waals surface area contributed by atoms with Gasteiger partial charge in [0.1, 0.15) is 5.75 Å². The fraction of sp³-hybridized carbons (Fsp3) is 0.533. The first kappa shape index (κ1) is 15.3. The quantitative estimate of drug-likeness (QED) is 0.885. The number of carbonyl (C=O) groups is 1. The van der Waals surface area contributed by atoms with E-state index >= 15 is 0 Å². The lowest BCUT2D eigenvalue weighted by Crippen LogP contribution is -2.42. The van der Waals surface area contributed by atoms with Crippen molar-refractivity contribution in [3.8, 4) is 5.75 Å². The molecule has 1 aromatic rings. The van der Waals surface area contributed by atoms with E-state index in [0.29, 0.717) is 17.9 Å². The lowest BCUT2D eigenvalue weighted by Gasteiger charge is -2.34. The predicted octanol–water partition coefficient (Wildman–Crippen LogP) is 2.58. The number of ether oxygens (including phenoxy) is 1. The summed E-state index contributed by atoms with van der Waals surface area (Å²) in [6.07, 6.45) is 2.18. The van der Waals surface area contributed by atoms with Crippen LogP contribution in [0.1, 0.15) is 30.1 Å². The summed E-state index contributed by atoms with van der Waals surface area (Å²) in [7, 11) is 1.60. The molecule has 1 heterocycles. The molecule has 0 bridgehead atoms. The number of hydrogen-bond acceptors (Lipinski definition) is 3. The molecule has 2 rings (SSSR count). The maximum atomic E-state index is 12.3.